The molecule has 0 saturated carbocycles. The number of ether oxygens (including phenoxy) is 1. The molecule has 2 rings (SSSR count). The summed E-state index contributed by atoms with van der Waals surface area (Å²) >= 11 is 0. The topological polar surface area (TPSA) is 47.3 Å². The molecule has 13 heavy (non-hydrogen) atoms. The molecule has 1 aliphatic heterocycles. The van der Waals surface area contributed by atoms with E-state index >= 15 is 0 Å². The summed E-state index contributed by atoms with van der Waals surface area (Å²) in [5, 5.41) is 0. The summed E-state index contributed by atoms with van der Waals surface area (Å²) in [6.45, 7) is 3.53. The van der Waals surface area contributed by atoms with Crippen LogP contribution in [0.25, 0.3) is 0 Å². The highest BCUT2D eigenvalue weighted by atomic mass is 16.5. The van der Waals surface area contributed by atoms with Crippen molar-refractivity contribution in [2.75, 3.05) is 0 Å². The summed E-state index contributed by atoms with van der Waals surface area (Å²) in [4.78, 5) is 0. The molecule has 0 bridgehead atoms. The lowest BCUT2D eigenvalue weighted by molar-refractivity contribution is 0.134. The monoisotopic (exact) mass is 178 g/mol. The van der Waals surface area contributed by atoms with Gasteiger partial charge in [-0.05, 0) is 23.6 Å². The van der Waals surface area contributed by atoms with Crippen LogP contribution in [0.3, 0.4) is 0 Å². The molecule has 0 amide bonds. The minimum absolute atomic E-state index is 0.200. The Hall–Kier alpha value is -0.900. The Morgan fingerprint density at radius 3 is 2.92 bits per heavy atom. The van der Waals surface area contributed by atoms with Crippen molar-refractivity contribution in [3.05, 3.63) is 34.9 Å². The Balaban J connectivity index is 2.30. The smallest absolute Gasteiger partial charge is 0.0725 e. The maximum Gasteiger partial charge on any atom is 0.0725 e. The summed E-state index contributed by atoms with van der Waals surface area (Å²) in [5.74, 6) is 5.37. The molecule has 1 aromatic carbocycles. The van der Waals surface area contributed by atoms with E-state index in [0.29, 0.717) is 0 Å². The first kappa shape index (κ1) is 8.69. The number of nitrogens with two attached hydrogens (primary N) is 1. The van der Waals surface area contributed by atoms with Crippen LogP contribution in [0.1, 0.15) is 29.7 Å². The lowest BCUT2D eigenvalue weighted by Gasteiger charge is -2.11. The van der Waals surface area contributed by atoms with E-state index in [1.165, 1.54) is 16.7 Å². The molecule has 0 aromatic heterocycles. The number of hydrazine groups is 1. The second-order valence-electron chi connectivity index (χ2n) is 3.41. The normalized spacial score (nSPS) is 17.1. The molecular formula is C10H14N2O. The molecule has 0 spiro atoms. The van der Waals surface area contributed by atoms with Crippen molar-refractivity contribution in [3.8, 4) is 0 Å². The lowest BCUT2D eigenvalue weighted by Crippen LogP contribution is -2.25. The van der Waals surface area contributed by atoms with Crippen LogP contribution < -0.4 is 11.3 Å². The van der Waals surface area contributed by atoms with Gasteiger partial charge in [0, 0.05) is 6.04 Å². The number of fused-ring (bicyclic) bond motifs is 1. The zero-order valence-corrected chi connectivity index (χ0v) is 7.71. The maximum absolute atomic E-state index is 5.37. The second-order valence-corrected chi connectivity index (χ2v) is 3.41. The predicted molar refractivity (Wildman–Crippen MR) is 50.7 cm³/mol. The van der Waals surface area contributed by atoms with E-state index in [9.17, 15) is 0 Å². The lowest BCUT2D eigenvalue weighted by atomic mass is 10.0. The molecular weight excluding hydrogens is 164 g/mol. The van der Waals surface area contributed by atoms with Crippen molar-refractivity contribution in [3.63, 3.8) is 0 Å². The van der Waals surface area contributed by atoms with Crippen molar-refractivity contribution >= 4 is 0 Å². The zero-order chi connectivity index (χ0) is 9.26. The minimum Gasteiger partial charge on any atom is -0.372 e. The molecule has 3 heteroatoms. The second kappa shape index (κ2) is 3.46. The molecule has 1 aliphatic rings. The van der Waals surface area contributed by atoms with Crippen molar-refractivity contribution in [2.24, 2.45) is 5.84 Å². The van der Waals surface area contributed by atoms with Crippen molar-refractivity contribution < 1.29 is 4.74 Å². The molecule has 1 atom stereocenters. The van der Waals surface area contributed by atoms with E-state index in [-0.39, 0.29) is 6.04 Å². The van der Waals surface area contributed by atoms with E-state index in [2.05, 4.69) is 23.6 Å². The van der Waals surface area contributed by atoms with Crippen LogP contribution in [0, 0.1) is 0 Å². The number of nitrogens with one attached hydrogen (secondary N) is 1. The van der Waals surface area contributed by atoms with Crippen LogP contribution in [0.15, 0.2) is 18.2 Å². The third-order valence-electron chi connectivity index (χ3n) is 2.50. The molecule has 0 fully saturated rings. The van der Waals surface area contributed by atoms with Crippen molar-refractivity contribution in [2.45, 2.75) is 26.2 Å². The SMILES string of the molecule is CC(NN)c1ccc2c(c1)COC2. The van der Waals surface area contributed by atoms with Crippen LogP contribution >= 0.6 is 0 Å². The highest BCUT2D eigenvalue weighted by Gasteiger charge is 2.12. The fraction of sp³-hybridized carbons (Fsp3) is 0.400. The van der Waals surface area contributed by atoms with Gasteiger partial charge in [0.25, 0.3) is 0 Å². The van der Waals surface area contributed by atoms with E-state index in [0.717, 1.165) is 13.2 Å². The fourth-order valence-corrected chi connectivity index (χ4v) is 1.56. The molecule has 70 valence electrons. The first-order valence-electron chi connectivity index (χ1n) is 4.47. The largest absolute Gasteiger partial charge is 0.372 e. The van der Waals surface area contributed by atoms with Gasteiger partial charge in [-0.25, -0.2) is 0 Å². The standard InChI is InChI=1S/C10H14N2O/c1-7(12-11)8-2-3-9-5-13-6-10(9)4-8/h2-4,7,12H,5-6,11H2,1H3. The van der Waals surface area contributed by atoms with Gasteiger partial charge in [0.15, 0.2) is 0 Å². The number of benzene rings is 1. The summed E-state index contributed by atoms with van der Waals surface area (Å²) in [6.07, 6.45) is 0. The molecule has 3 nitrogen and oxygen atoms in total. The Bertz CT molecular complexity index is 312. The molecule has 1 aromatic rings. The third-order valence-corrected chi connectivity index (χ3v) is 2.50. The summed E-state index contributed by atoms with van der Waals surface area (Å²) in [7, 11) is 0. The molecule has 3 N–H and O–H groups in total. The van der Waals surface area contributed by atoms with E-state index in [1.54, 1.807) is 0 Å². The van der Waals surface area contributed by atoms with Gasteiger partial charge in [-0.1, -0.05) is 18.2 Å². The Kier molecular flexibility index (Phi) is 2.31. The maximum atomic E-state index is 5.37. The van der Waals surface area contributed by atoms with Gasteiger partial charge in [-0.15, -0.1) is 0 Å². The van der Waals surface area contributed by atoms with Crippen LogP contribution in [0.4, 0.5) is 0 Å². The molecule has 1 heterocycles. The van der Waals surface area contributed by atoms with Gasteiger partial charge in [0.05, 0.1) is 13.2 Å². The summed E-state index contributed by atoms with van der Waals surface area (Å²) < 4.78 is 5.33. The number of rotatable bonds is 2. The highest BCUT2D eigenvalue weighted by Crippen LogP contribution is 2.23. The van der Waals surface area contributed by atoms with Crippen LogP contribution in [-0.4, -0.2) is 0 Å². The van der Waals surface area contributed by atoms with Gasteiger partial charge < -0.3 is 4.74 Å². The van der Waals surface area contributed by atoms with Gasteiger partial charge in [0.2, 0.25) is 0 Å². The van der Waals surface area contributed by atoms with Crippen LogP contribution in [0.2, 0.25) is 0 Å². The summed E-state index contributed by atoms with van der Waals surface area (Å²) in [5.41, 5.74) is 6.54. The van der Waals surface area contributed by atoms with Crippen LogP contribution in [0.5, 0.6) is 0 Å². The Morgan fingerprint density at radius 1 is 1.38 bits per heavy atom. The fourth-order valence-electron chi connectivity index (χ4n) is 1.56. The van der Waals surface area contributed by atoms with Gasteiger partial charge >= 0.3 is 0 Å². The van der Waals surface area contributed by atoms with Gasteiger partial charge in [-0.3, -0.25) is 11.3 Å². The number of hydrogen-bond donors (Lipinski definition) is 2. The molecule has 0 radical (unpaired) electrons. The Morgan fingerprint density at radius 2 is 2.15 bits per heavy atom. The molecule has 0 aliphatic carbocycles. The first-order chi connectivity index (χ1) is 6.31. The summed E-state index contributed by atoms with van der Waals surface area (Å²) in [6, 6.07) is 6.57. The van der Waals surface area contributed by atoms with Crippen LogP contribution in [-0.2, 0) is 18.0 Å². The van der Waals surface area contributed by atoms with Crippen molar-refractivity contribution in [1.29, 1.82) is 0 Å². The predicted octanol–water partition coefficient (Wildman–Crippen LogP) is 1.24. The Labute approximate surface area is 77.9 Å². The van der Waals surface area contributed by atoms with Crippen molar-refractivity contribution in [1.82, 2.24) is 5.43 Å². The van der Waals surface area contributed by atoms with E-state index in [4.69, 9.17) is 10.6 Å². The third kappa shape index (κ3) is 1.58. The van der Waals surface area contributed by atoms with Gasteiger partial charge in [0.1, 0.15) is 0 Å². The minimum atomic E-state index is 0.200. The van der Waals surface area contributed by atoms with Gasteiger partial charge in [-0.2, -0.15) is 0 Å². The number of hydrogen-bond acceptors (Lipinski definition) is 3. The molecule has 1 unspecified atom stereocenters. The quantitative estimate of drug-likeness (QED) is 0.529. The highest BCUT2D eigenvalue weighted by molar-refractivity contribution is 5.34. The zero-order valence-electron chi connectivity index (χ0n) is 7.71. The average Bonchev–Trinajstić information content (AvgIpc) is 2.63. The first-order valence-corrected chi connectivity index (χ1v) is 4.47. The van der Waals surface area contributed by atoms with E-state index < -0.39 is 0 Å². The van der Waals surface area contributed by atoms with E-state index in [1.807, 2.05) is 6.92 Å². The average molecular weight is 178 g/mol. The molecule has 0 saturated heterocycles.